The van der Waals surface area contributed by atoms with Gasteiger partial charge in [0.15, 0.2) is 6.10 Å². The molecule has 0 radical (unpaired) electrons. The summed E-state index contributed by atoms with van der Waals surface area (Å²) in [7, 11) is 0. The summed E-state index contributed by atoms with van der Waals surface area (Å²) in [6, 6.07) is 0. The van der Waals surface area contributed by atoms with Crippen LogP contribution in [0.15, 0.2) is 85.1 Å². The predicted octanol–water partition coefficient (Wildman–Crippen LogP) is 15.9. The lowest BCUT2D eigenvalue weighted by Crippen LogP contribution is -2.28. The average Bonchev–Trinajstić information content (AvgIpc) is 3.23. The van der Waals surface area contributed by atoms with Gasteiger partial charge in [-0.1, -0.05) is 208 Å². The molecule has 5 nitrogen and oxygen atoms in total. The monoisotopic (exact) mass is 807 g/mol. The van der Waals surface area contributed by atoms with Crippen LogP contribution in [0.4, 0.5) is 0 Å². The number of carbonyl (C=O) groups excluding carboxylic acids is 2. The van der Waals surface area contributed by atoms with Crippen molar-refractivity contribution < 1.29 is 24.2 Å². The maximum Gasteiger partial charge on any atom is 0.306 e. The molecule has 332 valence electrons. The Kier molecular flexibility index (Phi) is 46.0. The molecular weight excluding hydrogens is 717 g/mol. The second kappa shape index (κ2) is 48.4. The molecule has 58 heavy (non-hydrogen) atoms. The van der Waals surface area contributed by atoms with Crippen molar-refractivity contribution in [2.75, 3.05) is 13.2 Å². The normalized spacial score (nSPS) is 12.9. The number of rotatable bonds is 43. The Balaban J connectivity index is 3.50. The Labute approximate surface area is 358 Å². The van der Waals surface area contributed by atoms with Gasteiger partial charge in [0.2, 0.25) is 0 Å². The highest BCUT2D eigenvalue weighted by Crippen LogP contribution is 2.15. The molecule has 0 fully saturated rings. The van der Waals surface area contributed by atoms with Crippen molar-refractivity contribution in [2.24, 2.45) is 0 Å². The van der Waals surface area contributed by atoms with E-state index in [-0.39, 0.29) is 25.2 Å². The van der Waals surface area contributed by atoms with Gasteiger partial charge < -0.3 is 14.6 Å². The SMILES string of the molecule is CC/C=C\C/C=C\C/C=C\C/C=C\C/C=C\CCCCCCCCCCCCCCCCCC(=O)OC(CO)COC(=O)CCCCCCC/C=C\C/C=C\CCC. The van der Waals surface area contributed by atoms with E-state index in [9.17, 15) is 14.7 Å². The number of allylic oxidation sites excluding steroid dienone is 14. The van der Waals surface area contributed by atoms with Crippen molar-refractivity contribution in [1.29, 1.82) is 0 Å². The fourth-order valence-corrected chi connectivity index (χ4v) is 6.56. The third-order valence-corrected chi connectivity index (χ3v) is 10.2. The van der Waals surface area contributed by atoms with Crippen molar-refractivity contribution in [3.63, 3.8) is 0 Å². The van der Waals surface area contributed by atoms with E-state index >= 15 is 0 Å². The summed E-state index contributed by atoms with van der Waals surface area (Å²) in [5, 5.41) is 9.59. The van der Waals surface area contributed by atoms with Crippen LogP contribution in [0.3, 0.4) is 0 Å². The van der Waals surface area contributed by atoms with Crippen LogP contribution in [0.1, 0.15) is 219 Å². The Morgan fingerprint density at radius 2 is 0.741 bits per heavy atom. The topological polar surface area (TPSA) is 72.8 Å². The zero-order valence-corrected chi connectivity index (χ0v) is 37.8. The van der Waals surface area contributed by atoms with Crippen LogP contribution in [0.5, 0.6) is 0 Å². The van der Waals surface area contributed by atoms with E-state index in [4.69, 9.17) is 9.47 Å². The maximum absolute atomic E-state index is 12.2. The molecule has 0 aliphatic heterocycles. The fraction of sp³-hybridized carbons (Fsp3) is 0.698. The minimum atomic E-state index is -0.780. The summed E-state index contributed by atoms with van der Waals surface area (Å²) < 4.78 is 10.6. The molecule has 0 spiro atoms. The number of aliphatic hydroxyl groups excluding tert-OH is 1. The van der Waals surface area contributed by atoms with Gasteiger partial charge >= 0.3 is 11.9 Å². The fourth-order valence-electron chi connectivity index (χ4n) is 6.56. The first kappa shape index (κ1) is 55.1. The van der Waals surface area contributed by atoms with Crippen molar-refractivity contribution in [3.8, 4) is 0 Å². The summed E-state index contributed by atoms with van der Waals surface area (Å²) in [4.78, 5) is 24.3. The van der Waals surface area contributed by atoms with E-state index in [1.807, 2.05) is 0 Å². The molecule has 0 aliphatic rings. The van der Waals surface area contributed by atoms with Gasteiger partial charge in [-0.25, -0.2) is 0 Å². The lowest BCUT2D eigenvalue weighted by molar-refractivity contribution is -0.161. The molecular formula is C53H90O5. The molecule has 0 amide bonds. The molecule has 0 aliphatic carbocycles. The van der Waals surface area contributed by atoms with Crippen LogP contribution >= 0.6 is 0 Å². The van der Waals surface area contributed by atoms with Gasteiger partial charge in [-0.05, 0) is 83.5 Å². The molecule has 0 aromatic rings. The number of aliphatic hydroxyl groups is 1. The molecule has 5 heteroatoms. The first-order valence-corrected chi connectivity index (χ1v) is 24.1. The number of ether oxygens (including phenoxy) is 2. The number of unbranched alkanes of at least 4 members (excludes halogenated alkanes) is 21. The highest BCUT2D eigenvalue weighted by molar-refractivity contribution is 5.70. The quantitative estimate of drug-likeness (QED) is 0.0377. The molecule has 0 aromatic heterocycles. The summed E-state index contributed by atoms with van der Waals surface area (Å²) in [5.74, 6) is -0.609. The second-order valence-corrected chi connectivity index (χ2v) is 15.8. The van der Waals surface area contributed by atoms with Crippen molar-refractivity contribution in [1.82, 2.24) is 0 Å². The Bertz CT molecular complexity index is 1090. The smallest absolute Gasteiger partial charge is 0.306 e. The highest BCUT2D eigenvalue weighted by Gasteiger charge is 2.16. The Hall–Kier alpha value is -2.92. The summed E-state index contributed by atoms with van der Waals surface area (Å²) >= 11 is 0. The second-order valence-electron chi connectivity index (χ2n) is 15.8. The largest absolute Gasteiger partial charge is 0.462 e. The van der Waals surface area contributed by atoms with Crippen LogP contribution in [0, 0.1) is 0 Å². The Morgan fingerprint density at radius 1 is 0.414 bits per heavy atom. The van der Waals surface area contributed by atoms with Crippen LogP contribution in [-0.4, -0.2) is 36.4 Å². The van der Waals surface area contributed by atoms with E-state index in [1.165, 1.54) is 103 Å². The first-order chi connectivity index (χ1) is 28.6. The minimum Gasteiger partial charge on any atom is -0.462 e. The van der Waals surface area contributed by atoms with E-state index in [0.717, 1.165) is 89.9 Å². The van der Waals surface area contributed by atoms with Gasteiger partial charge in [-0.2, -0.15) is 0 Å². The van der Waals surface area contributed by atoms with Gasteiger partial charge in [-0.15, -0.1) is 0 Å². The molecule has 1 N–H and O–H groups in total. The summed E-state index contributed by atoms with van der Waals surface area (Å²) in [5.41, 5.74) is 0. The van der Waals surface area contributed by atoms with E-state index < -0.39 is 6.10 Å². The average molecular weight is 807 g/mol. The maximum atomic E-state index is 12.2. The molecule has 0 heterocycles. The predicted molar refractivity (Wildman–Crippen MR) is 251 cm³/mol. The highest BCUT2D eigenvalue weighted by atomic mass is 16.6. The molecule has 0 rings (SSSR count). The van der Waals surface area contributed by atoms with Crippen LogP contribution in [0.25, 0.3) is 0 Å². The van der Waals surface area contributed by atoms with E-state index in [0.29, 0.717) is 12.8 Å². The van der Waals surface area contributed by atoms with Crippen molar-refractivity contribution >= 4 is 11.9 Å². The molecule has 0 aromatic carbocycles. The van der Waals surface area contributed by atoms with Gasteiger partial charge in [0.25, 0.3) is 0 Å². The zero-order chi connectivity index (χ0) is 42.1. The van der Waals surface area contributed by atoms with Gasteiger partial charge in [-0.3, -0.25) is 9.59 Å². The standard InChI is InChI=1S/C53H90O5/c1-3-5-7-9-11-13-15-17-18-19-20-21-22-23-24-25-26-27-28-29-30-31-32-33-34-36-38-40-42-44-46-48-53(56)58-51(49-54)50-57-52(55)47-45-43-41-39-37-35-16-14-12-10-8-6-4-2/h5,7-8,10-11,13-14,16-18,20-21,23-24,51,54H,3-4,6,9,12,15,19,22,25-50H2,1-2H3/b7-5-,10-8-,13-11-,16-14-,18-17-,21-20-,24-23-. The number of hydrogen-bond donors (Lipinski definition) is 1. The first-order valence-electron chi connectivity index (χ1n) is 24.1. The molecule has 1 unspecified atom stereocenters. The number of hydrogen-bond acceptors (Lipinski definition) is 5. The van der Waals surface area contributed by atoms with Crippen molar-refractivity contribution in [2.45, 2.75) is 225 Å². The summed E-state index contributed by atoms with van der Waals surface area (Å²) in [6.07, 6.45) is 66.8. The van der Waals surface area contributed by atoms with E-state index in [2.05, 4.69) is 98.9 Å². The van der Waals surface area contributed by atoms with Crippen molar-refractivity contribution in [3.05, 3.63) is 85.1 Å². The number of esters is 2. The van der Waals surface area contributed by atoms with E-state index in [1.54, 1.807) is 0 Å². The molecule has 0 saturated heterocycles. The minimum absolute atomic E-state index is 0.0754. The zero-order valence-electron chi connectivity index (χ0n) is 37.8. The lowest BCUT2D eigenvalue weighted by atomic mass is 10.0. The third kappa shape index (κ3) is 45.8. The molecule has 0 saturated carbocycles. The van der Waals surface area contributed by atoms with Gasteiger partial charge in [0, 0.05) is 12.8 Å². The summed E-state index contributed by atoms with van der Waals surface area (Å²) in [6.45, 7) is 3.95. The Morgan fingerprint density at radius 3 is 1.12 bits per heavy atom. The molecule has 0 bridgehead atoms. The van der Waals surface area contributed by atoms with Crippen LogP contribution < -0.4 is 0 Å². The third-order valence-electron chi connectivity index (χ3n) is 10.2. The van der Waals surface area contributed by atoms with Gasteiger partial charge in [0.05, 0.1) is 6.61 Å². The number of carbonyl (C=O) groups is 2. The lowest BCUT2D eigenvalue weighted by Gasteiger charge is -2.15. The molecule has 1 atom stereocenters. The van der Waals surface area contributed by atoms with Crippen LogP contribution in [-0.2, 0) is 19.1 Å². The van der Waals surface area contributed by atoms with Crippen LogP contribution in [0.2, 0.25) is 0 Å². The van der Waals surface area contributed by atoms with Gasteiger partial charge in [0.1, 0.15) is 6.61 Å².